The third-order valence-corrected chi connectivity index (χ3v) is 4.26. The molecule has 1 aliphatic rings. The van der Waals surface area contributed by atoms with E-state index in [9.17, 15) is 4.79 Å². The first-order chi connectivity index (χ1) is 9.10. The summed E-state index contributed by atoms with van der Waals surface area (Å²) >= 11 is 3.49. The Morgan fingerprint density at radius 1 is 1.20 bits per heavy atom. The predicted molar refractivity (Wildman–Crippen MR) is 84.0 cm³/mol. The Morgan fingerprint density at radius 3 is 2.25 bits per heavy atom. The van der Waals surface area contributed by atoms with Crippen molar-refractivity contribution in [1.29, 1.82) is 0 Å². The minimum absolute atomic E-state index is 0.0650. The molecule has 0 radical (unpaired) electrons. The molecular formula is C16H22BrNO2. The number of carbonyl (C=O) groups is 1. The summed E-state index contributed by atoms with van der Waals surface area (Å²) < 4.78 is 6.98. The van der Waals surface area contributed by atoms with Crippen molar-refractivity contribution >= 4 is 21.8 Å². The SMILES string of the molecule is Cc1ccc(C(=O)N2CC(C)(C)OC(C)(C)C2)cc1Br. The zero-order valence-corrected chi connectivity index (χ0v) is 14.4. The molecule has 1 aromatic carbocycles. The number of benzene rings is 1. The number of ether oxygens (including phenoxy) is 1. The van der Waals surface area contributed by atoms with Gasteiger partial charge in [0.2, 0.25) is 0 Å². The summed E-state index contributed by atoms with van der Waals surface area (Å²) in [6.07, 6.45) is 0. The van der Waals surface area contributed by atoms with E-state index in [-0.39, 0.29) is 17.1 Å². The highest BCUT2D eigenvalue weighted by atomic mass is 79.9. The molecule has 1 amide bonds. The zero-order chi connectivity index (χ0) is 15.1. The molecule has 1 heterocycles. The van der Waals surface area contributed by atoms with E-state index in [1.54, 1.807) is 0 Å². The van der Waals surface area contributed by atoms with Crippen molar-refractivity contribution in [2.45, 2.75) is 45.8 Å². The second-order valence-corrected chi connectivity index (χ2v) is 7.60. The Kier molecular flexibility index (Phi) is 4.00. The van der Waals surface area contributed by atoms with Crippen LogP contribution in [-0.4, -0.2) is 35.1 Å². The average molecular weight is 340 g/mol. The lowest BCUT2D eigenvalue weighted by Crippen LogP contribution is -2.58. The van der Waals surface area contributed by atoms with E-state index in [1.165, 1.54) is 0 Å². The molecule has 1 saturated heterocycles. The first kappa shape index (κ1) is 15.5. The number of nitrogens with zero attached hydrogens (tertiary/aromatic N) is 1. The van der Waals surface area contributed by atoms with Crippen LogP contribution in [0.2, 0.25) is 0 Å². The van der Waals surface area contributed by atoms with Gasteiger partial charge in [0.1, 0.15) is 0 Å². The summed E-state index contributed by atoms with van der Waals surface area (Å²) in [7, 11) is 0. The van der Waals surface area contributed by atoms with Crippen LogP contribution in [0.3, 0.4) is 0 Å². The number of halogens is 1. The van der Waals surface area contributed by atoms with Crippen LogP contribution < -0.4 is 0 Å². The van der Waals surface area contributed by atoms with Gasteiger partial charge in [-0.3, -0.25) is 4.79 Å². The van der Waals surface area contributed by atoms with E-state index in [0.29, 0.717) is 13.1 Å². The van der Waals surface area contributed by atoms with Gasteiger partial charge in [0.05, 0.1) is 11.2 Å². The van der Waals surface area contributed by atoms with Crippen molar-refractivity contribution in [1.82, 2.24) is 4.90 Å². The van der Waals surface area contributed by atoms with Crippen molar-refractivity contribution in [2.75, 3.05) is 13.1 Å². The van der Waals surface area contributed by atoms with E-state index < -0.39 is 0 Å². The number of aryl methyl sites for hydroxylation is 1. The van der Waals surface area contributed by atoms with Crippen LogP contribution in [0.5, 0.6) is 0 Å². The molecule has 110 valence electrons. The summed E-state index contributed by atoms with van der Waals surface area (Å²) in [5.74, 6) is 0.0650. The highest BCUT2D eigenvalue weighted by Crippen LogP contribution is 2.29. The van der Waals surface area contributed by atoms with Gasteiger partial charge in [-0.15, -0.1) is 0 Å². The zero-order valence-electron chi connectivity index (χ0n) is 12.8. The molecule has 3 nitrogen and oxygen atoms in total. The molecule has 0 atom stereocenters. The first-order valence-electron chi connectivity index (χ1n) is 6.85. The van der Waals surface area contributed by atoms with Gasteiger partial charge in [-0.1, -0.05) is 22.0 Å². The van der Waals surface area contributed by atoms with Crippen molar-refractivity contribution < 1.29 is 9.53 Å². The quantitative estimate of drug-likeness (QED) is 0.779. The first-order valence-corrected chi connectivity index (χ1v) is 7.65. The number of hydrogen-bond acceptors (Lipinski definition) is 2. The summed E-state index contributed by atoms with van der Waals surface area (Å²) in [4.78, 5) is 14.6. The van der Waals surface area contributed by atoms with Gasteiger partial charge in [0.15, 0.2) is 0 Å². The normalized spacial score (nSPS) is 20.8. The smallest absolute Gasteiger partial charge is 0.254 e. The lowest BCUT2D eigenvalue weighted by Gasteiger charge is -2.47. The molecule has 0 aromatic heterocycles. The number of amides is 1. The van der Waals surface area contributed by atoms with Crippen LogP contribution in [0, 0.1) is 6.92 Å². The van der Waals surface area contributed by atoms with E-state index in [1.807, 2.05) is 57.7 Å². The lowest BCUT2D eigenvalue weighted by molar-refractivity contribution is -0.171. The van der Waals surface area contributed by atoms with E-state index in [4.69, 9.17) is 4.74 Å². The molecule has 1 fully saturated rings. The topological polar surface area (TPSA) is 29.5 Å². The third kappa shape index (κ3) is 3.41. The van der Waals surface area contributed by atoms with Gasteiger partial charge in [-0.25, -0.2) is 0 Å². The highest BCUT2D eigenvalue weighted by Gasteiger charge is 2.40. The Morgan fingerprint density at radius 2 is 1.75 bits per heavy atom. The van der Waals surface area contributed by atoms with Crippen molar-refractivity contribution in [2.24, 2.45) is 0 Å². The van der Waals surface area contributed by atoms with Gasteiger partial charge in [-0.2, -0.15) is 0 Å². The molecule has 0 bridgehead atoms. The van der Waals surface area contributed by atoms with Crippen LogP contribution in [0.4, 0.5) is 0 Å². The summed E-state index contributed by atoms with van der Waals surface area (Å²) in [5, 5.41) is 0. The molecule has 4 heteroatoms. The number of hydrogen-bond donors (Lipinski definition) is 0. The van der Waals surface area contributed by atoms with Gasteiger partial charge in [0, 0.05) is 23.1 Å². The number of carbonyl (C=O) groups excluding carboxylic acids is 1. The van der Waals surface area contributed by atoms with Crippen molar-refractivity contribution in [3.63, 3.8) is 0 Å². The standard InChI is InChI=1S/C16H22BrNO2/c1-11-6-7-12(8-13(11)17)14(19)18-9-15(2,3)20-16(4,5)10-18/h6-8H,9-10H2,1-5H3. The van der Waals surface area contributed by atoms with Gasteiger partial charge in [0.25, 0.3) is 5.91 Å². The Balaban J connectivity index is 2.26. The molecule has 1 aliphatic heterocycles. The molecule has 20 heavy (non-hydrogen) atoms. The second kappa shape index (κ2) is 5.15. The molecule has 0 saturated carbocycles. The predicted octanol–water partition coefficient (Wildman–Crippen LogP) is 3.79. The molecule has 0 N–H and O–H groups in total. The number of rotatable bonds is 1. The van der Waals surface area contributed by atoms with Crippen LogP contribution in [0.1, 0.15) is 43.6 Å². The van der Waals surface area contributed by atoms with E-state index in [2.05, 4.69) is 15.9 Å². The summed E-state index contributed by atoms with van der Waals surface area (Å²) in [6, 6.07) is 5.75. The maximum Gasteiger partial charge on any atom is 0.254 e. The molecule has 2 rings (SSSR count). The average Bonchev–Trinajstić information content (AvgIpc) is 2.27. The third-order valence-electron chi connectivity index (χ3n) is 3.40. The Hall–Kier alpha value is -0.870. The minimum Gasteiger partial charge on any atom is -0.366 e. The van der Waals surface area contributed by atoms with Gasteiger partial charge < -0.3 is 9.64 Å². The molecular weight excluding hydrogens is 318 g/mol. The van der Waals surface area contributed by atoms with Crippen molar-refractivity contribution in [3.05, 3.63) is 33.8 Å². The highest BCUT2D eigenvalue weighted by molar-refractivity contribution is 9.10. The van der Waals surface area contributed by atoms with Gasteiger partial charge >= 0.3 is 0 Å². The Labute approximate surface area is 129 Å². The van der Waals surface area contributed by atoms with Crippen molar-refractivity contribution in [3.8, 4) is 0 Å². The van der Waals surface area contributed by atoms with Crippen LogP contribution in [-0.2, 0) is 4.74 Å². The largest absolute Gasteiger partial charge is 0.366 e. The fourth-order valence-electron chi connectivity index (χ4n) is 2.84. The van der Waals surface area contributed by atoms with Gasteiger partial charge in [-0.05, 0) is 52.3 Å². The van der Waals surface area contributed by atoms with E-state index >= 15 is 0 Å². The monoisotopic (exact) mass is 339 g/mol. The fourth-order valence-corrected chi connectivity index (χ4v) is 3.22. The van der Waals surface area contributed by atoms with Crippen LogP contribution >= 0.6 is 15.9 Å². The minimum atomic E-state index is -0.320. The summed E-state index contributed by atoms with van der Waals surface area (Å²) in [6.45, 7) is 11.3. The number of morpholine rings is 1. The summed E-state index contributed by atoms with van der Waals surface area (Å²) in [5.41, 5.74) is 1.21. The molecule has 1 aromatic rings. The molecule has 0 spiro atoms. The van der Waals surface area contributed by atoms with Crippen LogP contribution in [0.25, 0.3) is 0 Å². The maximum atomic E-state index is 12.7. The second-order valence-electron chi connectivity index (χ2n) is 6.75. The fraction of sp³-hybridized carbons (Fsp3) is 0.562. The maximum absolute atomic E-state index is 12.7. The molecule has 0 aliphatic carbocycles. The lowest BCUT2D eigenvalue weighted by atomic mass is 9.98. The molecule has 0 unspecified atom stereocenters. The van der Waals surface area contributed by atoms with E-state index in [0.717, 1.165) is 15.6 Å². The van der Waals surface area contributed by atoms with Crippen LogP contribution in [0.15, 0.2) is 22.7 Å². The Bertz CT molecular complexity index is 521.